The number of aliphatic hydroxyl groups is 1. The van der Waals surface area contributed by atoms with Gasteiger partial charge in [0.25, 0.3) is 0 Å². The number of methoxy groups -OCH3 is 1. The average Bonchev–Trinajstić information content (AvgIpc) is 2.59. The molecule has 80 valence electrons. The molecule has 4 heteroatoms. The predicted octanol–water partition coefficient (Wildman–Crippen LogP) is 3.22. The lowest BCUT2D eigenvalue weighted by atomic mass is 10.0. The highest BCUT2D eigenvalue weighted by Crippen LogP contribution is 2.34. The van der Waals surface area contributed by atoms with Gasteiger partial charge in [0.1, 0.15) is 0 Å². The number of hydrogen-bond donors (Lipinski definition) is 1. The van der Waals surface area contributed by atoms with Gasteiger partial charge in [0.15, 0.2) is 0 Å². The summed E-state index contributed by atoms with van der Waals surface area (Å²) in [6.07, 6.45) is 0.488. The summed E-state index contributed by atoms with van der Waals surface area (Å²) in [6, 6.07) is 1.96. The summed E-state index contributed by atoms with van der Waals surface area (Å²) in [7, 11) is 1.68. The second kappa shape index (κ2) is 5.85. The standard InChI is InChI=1S/C10H15BrO2S/c1-7(3-5-13-2)9(12)10-8(11)4-6-14-10/h4,6-7,9,12H,3,5H2,1-2H3. The van der Waals surface area contributed by atoms with Crippen LogP contribution in [0.5, 0.6) is 0 Å². The van der Waals surface area contributed by atoms with Crippen LogP contribution in [0.2, 0.25) is 0 Å². The molecule has 0 aromatic carbocycles. The molecule has 0 saturated carbocycles. The minimum Gasteiger partial charge on any atom is -0.387 e. The van der Waals surface area contributed by atoms with Gasteiger partial charge in [-0.25, -0.2) is 0 Å². The lowest BCUT2D eigenvalue weighted by Gasteiger charge is -2.17. The lowest BCUT2D eigenvalue weighted by molar-refractivity contribution is 0.0907. The van der Waals surface area contributed by atoms with Gasteiger partial charge >= 0.3 is 0 Å². The highest BCUT2D eigenvalue weighted by molar-refractivity contribution is 9.10. The van der Waals surface area contributed by atoms with Crippen LogP contribution in [-0.4, -0.2) is 18.8 Å². The third-order valence-corrected chi connectivity index (χ3v) is 4.17. The zero-order valence-corrected chi connectivity index (χ0v) is 10.8. The molecule has 1 N–H and O–H groups in total. The molecule has 1 aromatic heterocycles. The molecular formula is C10H15BrO2S. The van der Waals surface area contributed by atoms with Crippen LogP contribution in [0, 0.1) is 5.92 Å². The van der Waals surface area contributed by atoms with Crippen molar-refractivity contribution in [1.29, 1.82) is 0 Å². The summed E-state index contributed by atoms with van der Waals surface area (Å²) >= 11 is 5.00. The SMILES string of the molecule is COCCC(C)C(O)c1sccc1Br. The molecule has 1 heterocycles. The fraction of sp³-hybridized carbons (Fsp3) is 0.600. The molecule has 2 atom stereocenters. The highest BCUT2D eigenvalue weighted by atomic mass is 79.9. The van der Waals surface area contributed by atoms with Gasteiger partial charge in [-0.1, -0.05) is 6.92 Å². The van der Waals surface area contributed by atoms with Gasteiger partial charge in [-0.3, -0.25) is 0 Å². The number of hydrogen-bond acceptors (Lipinski definition) is 3. The molecule has 0 aliphatic carbocycles. The van der Waals surface area contributed by atoms with Gasteiger partial charge < -0.3 is 9.84 Å². The summed E-state index contributed by atoms with van der Waals surface area (Å²) in [5.74, 6) is 0.227. The fourth-order valence-electron chi connectivity index (χ4n) is 1.24. The lowest BCUT2D eigenvalue weighted by Crippen LogP contribution is -2.10. The highest BCUT2D eigenvalue weighted by Gasteiger charge is 2.19. The Bertz CT molecular complexity index is 275. The maximum absolute atomic E-state index is 10.0. The molecular weight excluding hydrogens is 264 g/mol. The summed E-state index contributed by atoms with van der Waals surface area (Å²) in [6.45, 7) is 2.73. The normalized spacial score (nSPS) is 15.4. The maximum atomic E-state index is 10.0. The fourth-order valence-corrected chi connectivity index (χ4v) is 2.96. The predicted molar refractivity (Wildman–Crippen MR) is 62.6 cm³/mol. The zero-order valence-electron chi connectivity index (χ0n) is 8.37. The Balaban J connectivity index is 2.56. The molecule has 0 saturated heterocycles. The quantitative estimate of drug-likeness (QED) is 0.896. The average molecular weight is 279 g/mol. The molecule has 0 amide bonds. The van der Waals surface area contributed by atoms with Crippen molar-refractivity contribution in [1.82, 2.24) is 0 Å². The Morgan fingerprint density at radius 1 is 1.64 bits per heavy atom. The van der Waals surface area contributed by atoms with Crippen LogP contribution in [0.25, 0.3) is 0 Å². The summed E-state index contributed by atoms with van der Waals surface area (Å²) in [4.78, 5) is 1.01. The second-order valence-corrected chi connectivity index (χ2v) is 5.14. The topological polar surface area (TPSA) is 29.5 Å². The van der Waals surface area contributed by atoms with E-state index in [2.05, 4.69) is 15.9 Å². The Kier molecular flexibility index (Phi) is 5.09. The van der Waals surface area contributed by atoms with Crippen LogP contribution in [0.1, 0.15) is 24.3 Å². The Labute approximate surface area is 97.0 Å². The van der Waals surface area contributed by atoms with Crippen molar-refractivity contribution in [2.45, 2.75) is 19.4 Å². The first kappa shape index (κ1) is 12.2. The van der Waals surface area contributed by atoms with Crippen molar-refractivity contribution in [3.8, 4) is 0 Å². The third-order valence-electron chi connectivity index (χ3n) is 2.23. The summed E-state index contributed by atoms with van der Waals surface area (Å²) in [5.41, 5.74) is 0. The van der Waals surface area contributed by atoms with Crippen molar-refractivity contribution >= 4 is 27.3 Å². The number of ether oxygens (including phenoxy) is 1. The number of rotatable bonds is 5. The molecule has 0 fully saturated rings. The molecule has 0 radical (unpaired) electrons. The molecule has 2 nitrogen and oxygen atoms in total. The minimum absolute atomic E-state index is 0.227. The van der Waals surface area contributed by atoms with E-state index in [1.165, 1.54) is 0 Å². The molecule has 0 aliphatic heterocycles. The van der Waals surface area contributed by atoms with Crippen LogP contribution in [0.4, 0.5) is 0 Å². The maximum Gasteiger partial charge on any atom is 0.0919 e. The molecule has 2 unspecified atom stereocenters. The summed E-state index contributed by atoms with van der Waals surface area (Å²) in [5, 5.41) is 12.0. The third kappa shape index (κ3) is 3.05. The van der Waals surface area contributed by atoms with Gasteiger partial charge in [0, 0.05) is 23.1 Å². The first-order valence-electron chi connectivity index (χ1n) is 4.56. The molecule has 0 spiro atoms. The Morgan fingerprint density at radius 2 is 2.36 bits per heavy atom. The molecule has 14 heavy (non-hydrogen) atoms. The zero-order chi connectivity index (χ0) is 10.6. The molecule has 0 aliphatic rings. The van der Waals surface area contributed by atoms with E-state index >= 15 is 0 Å². The van der Waals surface area contributed by atoms with Crippen molar-refractivity contribution in [3.05, 3.63) is 20.8 Å². The summed E-state index contributed by atoms with van der Waals surface area (Å²) < 4.78 is 5.99. The van der Waals surface area contributed by atoms with Gasteiger partial charge in [-0.05, 0) is 39.7 Å². The van der Waals surface area contributed by atoms with Crippen LogP contribution in [0.3, 0.4) is 0 Å². The van der Waals surface area contributed by atoms with Crippen LogP contribution in [0.15, 0.2) is 15.9 Å². The van der Waals surface area contributed by atoms with Crippen LogP contribution in [-0.2, 0) is 4.74 Å². The first-order valence-corrected chi connectivity index (χ1v) is 6.24. The van der Waals surface area contributed by atoms with E-state index in [-0.39, 0.29) is 12.0 Å². The second-order valence-electron chi connectivity index (χ2n) is 3.34. The van der Waals surface area contributed by atoms with Gasteiger partial charge in [0.05, 0.1) is 6.10 Å². The minimum atomic E-state index is -0.389. The number of halogens is 1. The molecule has 1 rings (SSSR count). The van der Waals surface area contributed by atoms with E-state index < -0.39 is 0 Å². The van der Waals surface area contributed by atoms with Crippen LogP contribution < -0.4 is 0 Å². The van der Waals surface area contributed by atoms with Crippen molar-refractivity contribution < 1.29 is 9.84 Å². The van der Waals surface area contributed by atoms with Gasteiger partial charge in [-0.2, -0.15) is 0 Å². The van der Waals surface area contributed by atoms with Gasteiger partial charge in [-0.15, -0.1) is 11.3 Å². The van der Waals surface area contributed by atoms with Crippen molar-refractivity contribution in [2.24, 2.45) is 5.92 Å². The number of aliphatic hydroxyl groups excluding tert-OH is 1. The molecule has 1 aromatic rings. The van der Waals surface area contributed by atoms with E-state index in [0.29, 0.717) is 6.61 Å². The largest absolute Gasteiger partial charge is 0.387 e. The monoisotopic (exact) mass is 278 g/mol. The van der Waals surface area contributed by atoms with Crippen molar-refractivity contribution in [2.75, 3.05) is 13.7 Å². The van der Waals surface area contributed by atoms with E-state index in [4.69, 9.17) is 4.74 Å². The number of thiophene rings is 1. The molecule has 0 bridgehead atoms. The van der Waals surface area contributed by atoms with E-state index in [1.807, 2.05) is 18.4 Å². The Morgan fingerprint density at radius 3 is 2.86 bits per heavy atom. The Hall–Kier alpha value is 0.100. The van der Waals surface area contributed by atoms with Crippen LogP contribution >= 0.6 is 27.3 Å². The first-order chi connectivity index (χ1) is 6.66. The van der Waals surface area contributed by atoms with E-state index in [0.717, 1.165) is 15.8 Å². The van der Waals surface area contributed by atoms with Gasteiger partial charge in [0.2, 0.25) is 0 Å². The smallest absolute Gasteiger partial charge is 0.0919 e. The van der Waals surface area contributed by atoms with Crippen molar-refractivity contribution in [3.63, 3.8) is 0 Å². The van der Waals surface area contributed by atoms with E-state index in [9.17, 15) is 5.11 Å². The van der Waals surface area contributed by atoms with E-state index in [1.54, 1.807) is 18.4 Å².